The standard InChI is InChI=1S/C12H23N5O2S/c1-9-12(11(8-13)15-14-9)20(18,19)17-6-4-10(5-7-17)16(2)3/h10H,4-8,13H2,1-3H3,(H,14,15). The number of rotatable bonds is 4. The Morgan fingerprint density at radius 2 is 2.00 bits per heavy atom. The van der Waals surface area contributed by atoms with Crippen LogP contribution in [0.15, 0.2) is 4.90 Å². The second-order valence-electron chi connectivity index (χ2n) is 5.43. The van der Waals surface area contributed by atoms with Gasteiger partial charge in [0.15, 0.2) is 0 Å². The molecule has 1 aliphatic rings. The minimum absolute atomic E-state index is 0.118. The maximum absolute atomic E-state index is 12.7. The lowest BCUT2D eigenvalue weighted by atomic mass is 10.1. The molecule has 0 bridgehead atoms. The van der Waals surface area contributed by atoms with Gasteiger partial charge in [0.2, 0.25) is 10.0 Å². The molecule has 114 valence electrons. The van der Waals surface area contributed by atoms with Crippen LogP contribution >= 0.6 is 0 Å². The van der Waals surface area contributed by atoms with Crippen molar-refractivity contribution >= 4 is 10.0 Å². The van der Waals surface area contributed by atoms with Gasteiger partial charge in [-0.25, -0.2) is 8.42 Å². The van der Waals surface area contributed by atoms with Crippen LogP contribution in [0.5, 0.6) is 0 Å². The number of sulfonamides is 1. The summed E-state index contributed by atoms with van der Waals surface area (Å²) in [5.41, 5.74) is 6.55. The van der Waals surface area contributed by atoms with Crippen LogP contribution in [0.3, 0.4) is 0 Å². The second kappa shape index (κ2) is 5.80. The molecule has 8 heteroatoms. The molecule has 0 spiro atoms. The molecule has 0 unspecified atom stereocenters. The number of hydrogen-bond donors (Lipinski definition) is 2. The van der Waals surface area contributed by atoms with Crippen LogP contribution in [0.4, 0.5) is 0 Å². The first-order valence-electron chi connectivity index (χ1n) is 6.78. The molecule has 0 saturated carbocycles. The van der Waals surface area contributed by atoms with Crippen molar-refractivity contribution in [3.63, 3.8) is 0 Å². The van der Waals surface area contributed by atoms with Gasteiger partial charge < -0.3 is 10.6 Å². The number of hydrogen-bond acceptors (Lipinski definition) is 5. The van der Waals surface area contributed by atoms with Crippen molar-refractivity contribution in [2.24, 2.45) is 5.73 Å². The largest absolute Gasteiger partial charge is 0.325 e. The molecule has 0 radical (unpaired) electrons. The Kier molecular flexibility index (Phi) is 4.48. The number of nitrogens with one attached hydrogen (secondary N) is 1. The number of aryl methyl sites for hydroxylation is 1. The van der Waals surface area contributed by atoms with Crippen LogP contribution in [-0.2, 0) is 16.6 Å². The van der Waals surface area contributed by atoms with E-state index in [0.717, 1.165) is 12.8 Å². The Morgan fingerprint density at radius 3 is 2.50 bits per heavy atom. The van der Waals surface area contributed by atoms with Crippen LogP contribution in [0, 0.1) is 6.92 Å². The summed E-state index contributed by atoms with van der Waals surface area (Å²) in [6.45, 7) is 2.91. The number of nitrogens with zero attached hydrogens (tertiary/aromatic N) is 3. The molecular weight excluding hydrogens is 278 g/mol. The van der Waals surface area contributed by atoms with E-state index >= 15 is 0 Å². The average Bonchev–Trinajstić information content (AvgIpc) is 2.80. The fourth-order valence-corrected chi connectivity index (χ4v) is 4.49. The lowest BCUT2D eigenvalue weighted by Gasteiger charge is -2.34. The lowest BCUT2D eigenvalue weighted by Crippen LogP contribution is -2.44. The first kappa shape index (κ1) is 15.4. The van der Waals surface area contributed by atoms with Crippen molar-refractivity contribution in [3.8, 4) is 0 Å². The summed E-state index contributed by atoms with van der Waals surface area (Å²) in [6.07, 6.45) is 1.70. The van der Waals surface area contributed by atoms with Crippen molar-refractivity contribution in [1.29, 1.82) is 0 Å². The Labute approximate surface area is 120 Å². The number of aromatic amines is 1. The van der Waals surface area contributed by atoms with Gasteiger partial charge in [-0.15, -0.1) is 0 Å². The molecule has 1 aromatic rings. The summed E-state index contributed by atoms with van der Waals surface area (Å²) in [5.74, 6) is 0. The van der Waals surface area contributed by atoms with Gasteiger partial charge >= 0.3 is 0 Å². The number of piperidine rings is 1. The topological polar surface area (TPSA) is 95.3 Å². The van der Waals surface area contributed by atoms with Crippen molar-refractivity contribution in [2.45, 2.75) is 37.2 Å². The molecule has 7 nitrogen and oxygen atoms in total. The van der Waals surface area contributed by atoms with Gasteiger partial charge in [0.25, 0.3) is 0 Å². The molecule has 0 aliphatic carbocycles. The Hall–Kier alpha value is -0.960. The third-order valence-corrected chi connectivity index (χ3v) is 6.01. The van der Waals surface area contributed by atoms with E-state index in [2.05, 4.69) is 15.1 Å². The molecule has 1 aliphatic heterocycles. The average molecular weight is 301 g/mol. The van der Waals surface area contributed by atoms with Crippen LogP contribution in [0.2, 0.25) is 0 Å². The molecule has 20 heavy (non-hydrogen) atoms. The van der Waals surface area contributed by atoms with E-state index in [-0.39, 0.29) is 11.4 Å². The lowest BCUT2D eigenvalue weighted by molar-refractivity contribution is 0.196. The summed E-state index contributed by atoms with van der Waals surface area (Å²) in [4.78, 5) is 2.40. The zero-order valence-corrected chi connectivity index (χ0v) is 13.1. The van der Waals surface area contributed by atoms with E-state index in [1.165, 1.54) is 0 Å². The highest BCUT2D eigenvalue weighted by atomic mass is 32.2. The van der Waals surface area contributed by atoms with E-state index in [0.29, 0.717) is 30.5 Å². The number of aromatic nitrogens is 2. The van der Waals surface area contributed by atoms with E-state index < -0.39 is 10.0 Å². The Balaban J connectivity index is 2.22. The van der Waals surface area contributed by atoms with Crippen molar-refractivity contribution in [1.82, 2.24) is 19.4 Å². The summed E-state index contributed by atoms with van der Waals surface area (Å²) in [5, 5.41) is 6.69. The molecule has 1 saturated heterocycles. The minimum atomic E-state index is -3.50. The summed E-state index contributed by atoms with van der Waals surface area (Å²) < 4.78 is 27.0. The highest BCUT2D eigenvalue weighted by Gasteiger charge is 2.33. The molecule has 0 amide bonds. The van der Waals surface area contributed by atoms with Crippen molar-refractivity contribution < 1.29 is 8.42 Å². The van der Waals surface area contributed by atoms with Gasteiger partial charge in [0.1, 0.15) is 4.90 Å². The number of nitrogens with two attached hydrogens (primary N) is 1. The van der Waals surface area contributed by atoms with Crippen LogP contribution < -0.4 is 5.73 Å². The fraction of sp³-hybridized carbons (Fsp3) is 0.750. The predicted octanol–water partition coefficient (Wildman–Crippen LogP) is -0.108. The fourth-order valence-electron chi connectivity index (χ4n) is 2.68. The van der Waals surface area contributed by atoms with Crippen LogP contribution in [0.1, 0.15) is 24.2 Å². The highest BCUT2D eigenvalue weighted by Crippen LogP contribution is 2.25. The Bertz CT molecular complexity index is 558. The SMILES string of the molecule is Cc1[nH]nc(CN)c1S(=O)(=O)N1CCC(N(C)C)CC1. The maximum Gasteiger partial charge on any atom is 0.246 e. The zero-order valence-electron chi connectivity index (χ0n) is 12.3. The minimum Gasteiger partial charge on any atom is -0.325 e. The Morgan fingerprint density at radius 1 is 1.40 bits per heavy atom. The molecule has 0 atom stereocenters. The van der Waals surface area contributed by atoms with Crippen molar-refractivity contribution in [2.75, 3.05) is 27.2 Å². The van der Waals surface area contributed by atoms with E-state index in [1.807, 2.05) is 14.1 Å². The van der Waals surface area contributed by atoms with Gasteiger partial charge in [0.05, 0.1) is 11.4 Å². The van der Waals surface area contributed by atoms with E-state index in [9.17, 15) is 8.42 Å². The first-order valence-corrected chi connectivity index (χ1v) is 8.22. The van der Waals surface area contributed by atoms with E-state index in [1.54, 1.807) is 11.2 Å². The second-order valence-corrected chi connectivity index (χ2v) is 7.30. The normalized spacial score (nSPS) is 18.9. The third kappa shape index (κ3) is 2.73. The van der Waals surface area contributed by atoms with E-state index in [4.69, 9.17) is 5.73 Å². The summed E-state index contributed by atoms with van der Waals surface area (Å²) in [6, 6.07) is 0.445. The maximum atomic E-state index is 12.7. The highest BCUT2D eigenvalue weighted by molar-refractivity contribution is 7.89. The molecule has 3 N–H and O–H groups in total. The molecule has 1 fully saturated rings. The molecule has 2 heterocycles. The van der Waals surface area contributed by atoms with Gasteiger partial charge in [-0.3, -0.25) is 5.10 Å². The third-order valence-electron chi connectivity index (χ3n) is 3.91. The zero-order chi connectivity index (χ0) is 14.9. The summed E-state index contributed by atoms with van der Waals surface area (Å²) in [7, 11) is 0.558. The van der Waals surface area contributed by atoms with Crippen LogP contribution in [0.25, 0.3) is 0 Å². The monoisotopic (exact) mass is 301 g/mol. The van der Waals surface area contributed by atoms with Crippen LogP contribution in [-0.4, -0.2) is 61.0 Å². The molecule has 1 aromatic heterocycles. The predicted molar refractivity (Wildman–Crippen MR) is 76.7 cm³/mol. The van der Waals surface area contributed by atoms with Gasteiger partial charge in [-0.2, -0.15) is 9.40 Å². The van der Waals surface area contributed by atoms with Gasteiger partial charge in [-0.05, 0) is 33.9 Å². The quantitative estimate of drug-likeness (QED) is 0.809. The molecule has 0 aromatic carbocycles. The summed E-state index contributed by atoms with van der Waals surface area (Å²) >= 11 is 0. The van der Waals surface area contributed by atoms with Gasteiger partial charge in [-0.1, -0.05) is 0 Å². The molecule has 2 rings (SSSR count). The smallest absolute Gasteiger partial charge is 0.246 e. The molecular formula is C12H23N5O2S. The van der Waals surface area contributed by atoms with Gasteiger partial charge in [0, 0.05) is 25.7 Å². The number of H-pyrrole nitrogens is 1. The van der Waals surface area contributed by atoms with Crippen molar-refractivity contribution in [3.05, 3.63) is 11.4 Å². The first-order chi connectivity index (χ1) is 9.37.